The summed E-state index contributed by atoms with van der Waals surface area (Å²) in [5.41, 5.74) is 0.102. The van der Waals surface area contributed by atoms with Gasteiger partial charge in [0.1, 0.15) is 5.75 Å². The van der Waals surface area contributed by atoms with Crippen molar-refractivity contribution in [2.75, 3.05) is 6.61 Å². The Morgan fingerprint density at radius 1 is 0.933 bits per heavy atom. The summed E-state index contributed by atoms with van der Waals surface area (Å²) in [6.45, 7) is 14.1. The third-order valence-corrected chi connectivity index (χ3v) is 14.8. The summed E-state index contributed by atoms with van der Waals surface area (Å²) in [6, 6.07) is 6.67. The zero-order chi connectivity index (χ0) is 32.6. The Bertz CT molecular complexity index is 1390. The van der Waals surface area contributed by atoms with Gasteiger partial charge in [0.15, 0.2) is 0 Å². The molecule has 1 aromatic carbocycles. The van der Waals surface area contributed by atoms with Gasteiger partial charge in [0, 0.05) is 11.5 Å². The fourth-order valence-corrected chi connectivity index (χ4v) is 12.0. The quantitative estimate of drug-likeness (QED) is 0.175. The Morgan fingerprint density at radius 2 is 1.64 bits per heavy atom. The summed E-state index contributed by atoms with van der Waals surface area (Å²) >= 11 is 0. The largest absolute Gasteiger partial charge is 0.508 e. The lowest BCUT2D eigenvalue weighted by Gasteiger charge is -2.70. The Labute approximate surface area is 269 Å². The van der Waals surface area contributed by atoms with Crippen molar-refractivity contribution in [3.05, 3.63) is 47.6 Å². The number of fused-ring (bicyclic) bond motifs is 7. The van der Waals surface area contributed by atoms with E-state index in [4.69, 9.17) is 4.74 Å². The lowest BCUT2D eigenvalue weighted by atomic mass is 9.33. The molecule has 3 N–H and O–H groups in total. The maximum Gasteiger partial charge on any atom is 0.330 e. The number of carbonyl (C=O) groups is 2. The molecule has 4 saturated carbocycles. The van der Waals surface area contributed by atoms with Gasteiger partial charge in [-0.2, -0.15) is 0 Å². The number of hydrogen-bond donors (Lipinski definition) is 3. The molecule has 0 aromatic heterocycles. The predicted molar refractivity (Wildman–Crippen MR) is 175 cm³/mol. The van der Waals surface area contributed by atoms with Gasteiger partial charge in [0.25, 0.3) is 0 Å². The molecule has 6 heteroatoms. The van der Waals surface area contributed by atoms with Crippen molar-refractivity contribution in [2.45, 2.75) is 105 Å². The minimum absolute atomic E-state index is 0.0282. The summed E-state index contributed by atoms with van der Waals surface area (Å²) in [4.78, 5) is 26.9. The standard InChI is InChI=1S/C39H54O6/c1-24-15-20-38(23-45-32(42)14-9-26-7-10-27(40)11-8-26)21-22-39(34(43)44)28(33(38)25(24)2)12-13-30-36(5)18-17-31(41)35(3,4)29(36)16-19-37(30,39)6/h7-12,14,24-25,29-31,33,40-41H,13,15-23H2,1-6H3,(H,43,44)/b14-9+/t24-,25+,29+,30-,31+,33+,36+,37-,38-,39-/m1/s1. The number of phenols is 1. The van der Waals surface area contributed by atoms with E-state index in [1.807, 2.05) is 0 Å². The van der Waals surface area contributed by atoms with E-state index < -0.39 is 17.4 Å². The number of carbonyl (C=O) groups excluding carboxylic acids is 1. The maximum absolute atomic E-state index is 13.9. The van der Waals surface area contributed by atoms with Crippen molar-refractivity contribution < 1.29 is 29.6 Å². The van der Waals surface area contributed by atoms with Gasteiger partial charge in [-0.1, -0.05) is 65.3 Å². The molecule has 45 heavy (non-hydrogen) atoms. The fourth-order valence-electron chi connectivity index (χ4n) is 12.0. The summed E-state index contributed by atoms with van der Waals surface area (Å²) in [5, 5.41) is 32.0. The second-order valence-electron chi connectivity index (χ2n) is 16.8. The van der Waals surface area contributed by atoms with Crippen LogP contribution in [0.4, 0.5) is 0 Å². The number of hydrogen-bond acceptors (Lipinski definition) is 5. The van der Waals surface area contributed by atoms with E-state index in [0.717, 1.165) is 62.5 Å². The van der Waals surface area contributed by atoms with E-state index in [1.165, 1.54) is 6.08 Å². The van der Waals surface area contributed by atoms with Crippen LogP contribution in [0.25, 0.3) is 6.08 Å². The molecule has 0 spiro atoms. The summed E-state index contributed by atoms with van der Waals surface area (Å²) < 4.78 is 6.02. The summed E-state index contributed by atoms with van der Waals surface area (Å²) in [7, 11) is 0. The van der Waals surface area contributed by atoms with Crippen molar-refractivity contribution in [2.24, 2.45) is 56.7 Å². The molecule has 0 heterocycles. The molecule has 246 valence electrons. The number of aliphatic carboxylic acids is 1. The van der Waals surface area contributed by atoms with Gasteiger partial charge in [-0.05, 0) is 127 Å². The molecule has 0 amide bonds. The molecule has 0 bridgehead atoms. The third kappa shape index (κ3) is 4.66. The van der Waals surface area contributed by atoms with Crippen LogP contribution in [0.2, 0.25) is 0 Å². The first kappa shape index (κ1) is 32.3. The molecule has 0 saturated heterocycles. The zero-order valence-corrected chi connectivity index (χ0v) is 28.1. The van der Waals surface area contributed by atoms with E-state index in [2.05, 4.69) is 47.6 Å². The number of rotatable bonds is 5. The minimum atomic E-state index is -0.938. The Hall–Kier alpha value is -2.60. The van der Waals surface area contributed by atoms with E-state index >= 15 is 0 Å². The molecule has 6 rings (SSSR count). The first-order valence-corrected chi connectivity index (χ1v) is 17.4. The van der Waals surface area contributed by atoms with Crippen LogP contribution < -0.4 is 0 Å². The van der Waals surface area contributed by atoms with Crippen LogP contribution in [-0.2, 0) is 14.3 Å². The zero-order valence-electron chi connectivity index (χ0n) is 28.1. The van der Waals surface area contributed by atoms with Crippen molar-refractivity contribution in [1.29, 1.82) is 0 Å². The number of aliphatic hydroxyl groups is 1. The highest BCUT2D eigenvalue weighted by molar-refractivity contribution is 5.87. The highest BCUT2D eigenvalue weighted by atomic mass is 16.5. The summed E-state index contributed by atoms with van der Waals surface area (Å²) in [6.07, 6.45) is 12.9. The average molecular weight is 619 g/mol. The van der Waals surface area contributed by atoms with E-state index in [9.17, 15) is 24.9 Å². The highest BCUT2D eigenvalue weighted by Gasteiger charge is 2.72. The van der Waals surface area contributed by atoms with Gasteiger partial charge < -0.3 is 20.1 Å². The topological polar surface area (TPSA) is 104 Å². The van der Waals surface area contributed by atoms with Gasteiger partial charge in [0.2, 0.25) is 0 Å². The Morgan fingerprint density at radius 3 is 2.33 bits per heavy atom. The molecular weight excluding hydrogens is 564 g/mol. The van der Waals surface area contributed by atoms with Crippen molar-refractivity contribution in [1.82, 2.24) is 0 Å². The highest BCUT2D eigenvalue weighted by Crippen LogP contribution is 2.76. The summed E-state index contributed by atoms with van der Waals surface area (Å²) in [5.74, 6) is 0.495. The van der Waals surface area contributed by atoms with Crippen molar-refractivity contribution in [3.63, 3.8) is 0 Å². The van der Waals surface area contributed by atoms with Gasteiger partial charge in [0.05, 0.1) is 18.1 Å². The number of esters is 1. The van der Waals surface area contributed by atoms with Gasteiger partial charge in [-0.15, -0.1) is 0 Å². The average Bonchev–Trinajstić information content (AvgIpc) is 2.99. The molecule has 4 fully saturated rings. The number of allylic oxidation sites excluding steroid dienone is 1. The third-order valence-electron chi connectivity index (χ3n) is 14.8. The number of aliphatic hydroxyl groups excluding tert-OH is 1. The van der Waals surface area contributed by atoms with Crippen LogP contribution in [0.15, 0.2) is 42.0 Å². The van der Waals surface area contributed by atoms with E-state index in [1.54, 1.807) is 30.3 Å². The lowest BCUT2D eigenvalue weighted by Crippen LogP contribution is -2.67. The SMILES string of the molecule is C[C@H]1[C@H](C)CC[C@]2(COC(=O)/C=C/c3ccc(O)cc3)CC[C@]3(C(=O)O)C(=CC[C@@H]4[C@@]5(C)CC[C@H](O)C(C)(C)[C@@H]5CC[C@]43C)[C@H]12. The monoisotopic (exact) mass is 618 g/mol. The van der Waals surface area contributed by atoms with Crippen LogP contribution in [0.3, 0.4) is 0 Å². The molecule has 0 radical (unpaired) electrons. The van der Waals surface area contributed by atoms with Crippen LogP contribution in [0.1, 0.15) is 105 Å². The number of carboxylic acid groups (broad SMARTS) is 1. The maximum atomic E-state index is 13.9. The normalized spacial score (nSPS) is 43.7. The van der Waals surface area contributed by atoms with Gasteiger partial charge in [-0.3, -0.25) is 4.79 Å². The number of ether oxygens (including phenoxy) is 1. The van der Waals surface area contributed by atoms with Crippen molar-refractivity contribution in [3.8, 4) is 5.75 Å². The van der Waals surface area contributed by atoms with Gasteiger partial charge in [-0.25, -0.2) is 4.79 Å². The van der Waals surface area contributed by atoms with Crippen LogP contribution in [-0.4, -0.2) is 40.0 Å². The first-order valence-electron chi connectivity index (χ1n) is 17.4. The first-order chi connectivity index (χ1) is 21.1. The Kier molecular flexibility index (Phi) is 7.90. The molecule has 5 aliphatic rings. The van der Waals surface area contributed by atoms with Crippen LogP contribution in [0.5, 0.6) is 5.75 Å². The van der Waals surface area contributed by atoms with E-state index in [-0.39, 0.29) is 51.3 Å². The molecule has 10 atom stereocenters. The Balaban J connectivity index is 1.35. The van der Waals surface area contributed by atoms with Crippen LogP contribution in [0, 0.1) is 56.7 Å². The second kappa shape index (κ2) is 11.0. The van der Waals surface area contributed by atoms with Gasteiger partial charge >= 0.3 is 11.9 Å². The van der Waals surface area contributed by atoms with Crippen molar-refractivity contribution >= 4 is 18.0 Å². The predicted octanol–water partition coefficient (Wildman–Crippen LogP) is 8.03. The van der Waals surface area contributed by atoms with Crippen LogP contribution >= 0.6 is 0 Å². The van der Waals surface area contributed by atoms with E-state index in [0.29, 0.717) is 24.9 Å². The number of benzene rings is 1. The smallest absolute Gasteiger partial charge is 0.330 e. The number of carboxylic acids is 1. The second-order valence-corrected chi connectivity index (χ2v) is 16.8. The number of phenolic OH excluding ortho intramolecular Hbond substituents is 1. The fraction of sp³-hybridized carbons (Fsp3) is 0.692. The molecule has 6 nitrogen and oxygen atoms in total. The lowest BCUT2D eigenvalue weighted by molar-refractivity contribution is -0.217. The molecular formula is C39H54O6. The minimum Gasteiger partial charge on any atom is -0.508 e. The number of aromatic hydroxyl groups is 1. The molecule has 0 aliphatic heterocycles. The molecule has 0 unspecified atom stereocenters. The molecule has 1 aromatic rings. The molecule has 5 aliphatic carbocycles.